The standard InChI is InChI=1S/C29H33N6O7/c1-9-10-19-21(39-5)12-11-20-26(28(36)18-13-22(40-6)29(42-8)23(14-18)41-7)31-33(27(19)20)17-35(3,4)16-24-30-15-25(32(24)2)34(37)38/h11-15H,16-17H2,1-8H3/q+1. The van der Waals surface area contributed by atoms with Crippen molar-refractivity contribution in [3.63, 3.8) is 0 Å². The molecule has 4 aromatic rings. The molecule has 0 bridgehead atoms. The predicted molar refractivity (Wildman–Crippen MR) is 154 cm³/mol. The molecule has 0 aliphatic rings. The number of benzene rings is 2. The highest BCUT2D eigenvalue weighted by atomic mass is 16.6. The lowest BCUT2D eigenvalue weighted by Crippen LogP contribution is -2.41. The Morgan fingerprint density at radius 1 is 1.05 bits per heavy atom. The molecule has 13 nitrogen and oxygen atoms in total. The molecule has 2 aromatic heterocycles. The van der Waals surface area contributed by atoms with Gasteiger partial charge < -0.3 is 33.5 Å². The van der Waals surface area contributed by atoms with Gasteiger partial charge in [-0.25, -0.2) is 14.2 Å². The van der Waals surface area contributed by atoms with E-state index in [1.807, 2.05) is 14.1 Å². The van der Waals surface area contributed by atoms with Gasteiger partial charge in [0, 0.05) is 10.9 Å². The van der Waals surface area contributed by atoms with E-state index in [0.717, 1.165) is 0 Å². The molecular weight excluding hydrogens is 544 g/mol. The van der Waals surface area contributed by atoms with Gasteiger partial charge in [0.1, 0.15) is 17.6 Å². The maximum atomic E-state index is 14.0. The zero-order valence-electron chi connectivity index (χ0n) is 24.8. The number of rotatable bonds is 11. The van der Waals surface area contributed by atoms with E-state index in [2.05, 4.69) is 16.8 Å². The first-order valence-corrected chi connectivity index (χ1v) is 12.8. The van der Waals surface area contributed by atoms with Gasteiger partial charge in [0.05, 0.1) is 60.7 Å². The Morgan fingerprint density at radius 3 is 2.21 bits per heavy atom. The Hall–Kier alpha value is -5.09. The van der Waals surface area contributed by atoms with Crippen LogP contribution < -0.4 is 18.9 Å². The summed E-state index contributed by atoms with van der Waals surface area (Å²) in [7, 11) is 11.5. The summed E-state index contributed by atoms with van der Waals surface area (Å²) >= 11 is 0. The van der Waals surface area contributed by atoms with Gasteiger partial charge in [-0.1, -0.05) is 5.92 Å². The molecule has 42 heavy (non-hydrogen) atoms. The Bertz CT molecular complexity index is 1720. The van der Waals surface area contributed by atoms with Gasteiger partial charge in [-0.05, 0) is 36.1 Å². The van der Waals surface area contributed by atoms with Crippen molar-refractivity contribution < 1.29 is 33.1 Å². The molecule has 220 valence electrons. The molecule has 13 heteroatoms. The number of ketones is 1. The molecule has 0 amide bonds. The van der Waals surface area contributed by atoms with Crippen LogP contribution in [0.3, 0.4) is 0 Å². The van der Waals surface area contributed by atoms with Crippen molar-refractivity contribution >= 4 is 22.5 Å². The van der Waals surface area contributed by atoms with E-state index in [0.29, 0.717) is 61.9 Å². The number of methoxy groups -OCH3 is 4. The minimum atomic E-state index is -0.472. The van der Waals surface area contributed by atoms with Crippen LogP contribution in [0.4, 0.5) is 5.82 Å². The molecule has 0 atom stereocenters. The number of hydrogen-bond donors (Lipinski definition) is 0. The van der Waals surface area contributed by atoms with Gasteiger partial charge in [0.2, 0.25) is 11.5 Å². The Labute approximate surface area is 242 Å². The van der Waals surface area contributed by atoms with Gasteiger partial charge in [-0.2, -0.15) is 5.10 Å². The molecule has 0 saturated carbocycles. The largest absolute Gasteiger partial charge is 0.495 e. The molecule has 0 unspecified atom stereocenters. The van der Waals surface area contributed by atoms with Crippen LogP contribution in [-0.2, 0) is 20.3 Å². The average molecular weight is 578 g/mol. The van der Waals surface area contributed by atoms with Crippen molar-refractivity contribution in [2.75, 3.05) is 42.5 Å². The summed E-state index contributed by atoms with van der Waals surface area (Å²) in [6.07, 6.45) is 1.24. The van der Waals surface area contributed by atoms with Crippen LogP contribution in [0.15, 0.2) is 30.5 Å². The van der Waals surface area contributed by atoms with Gasteiger partial charge in [-0.3, -0.25) is 4.79 Å². The molecule has 0 radical (unpaired) electrons. The number of nitro groups is 1. The van der Waals surface area contributed by atoms with Crippen molar-refractivity contribution in [2.24, 2.45) is 7.05 Å². The Balaban J connectivity index is 1.88. The van der Waals surface area contributed by atoms with Crippen molar-refractivity contribution in [2.45, 2.75) is 20.1 Å². The first kappa shape index (κ1) is 29.9. The fourth-order valence-electron chi connectivity index (χ4n) is 4.84. The number of carbonyl (C=O) groups excluding carboxylic acids is 1. The zero-order chi connectivity index (χ0) is 30.8. The molecule has 0 saturated heterocycles. The first-order chi connectivity index (χ1) is 20.0. The lowest BCUT2D eigenvalue weighted by Gasteiger charge is -2.28. The minimum Gasteiger partial charge on any atom is -0.495 e. The maximum absolute atomic E-state index is 14.0. The lowest BCUT2D eigenvalue weighted by molar-refractivity contribution is -0.926. The molecule has 2 heterocycles. The molecule has 0 spiro atoms. The summed E-state index contributed by atoms with van der Waals surface area (Å²) in [6.45, 7) is 2.35. The topological polar surface area (TPSA) is 133 Å². The number of ether oxygens (including phenoxy) is 4. The van der Waals surface area contributed by atoms with Crippen molar-refractivity contribution in [3.8, 4) is 34.8 Å². The molecule has 0 N–H and O–H groups in total. The van der Waals surface area contributed by atoms with Crippen LogP contribution in [0.2, 0.25) is 0 Å². The summed E-state index contributed by atoms with van der Waals surface area (Å²) in [5.41, 5.74) is 1.70. The van der Waals surface area contributed by atoms with Crippen molar-refractivity contribution in [1.82, 2.24) is 19.3 Å². The molecule has 0 aliphatic carbocycles. The van der Waals surface area contributed by atoms with E-state index in [-0.39, 0.29) is 24.0 Å². The maximum Gasteiger partial charge on any atom is 0.342 e. The van der Waals surface area contributed by atoms with E-state index >= 15 is 0 Å². The number of nitrogens with zero attached hydrogens (tertiary/aromatic N) is 6. The fraction of sp³-hybridized carbons (Fsp3) is 0.345. The predicted octanol–water partition coefficient (Wildman–Crippen LogP) is 3.55. The van der Waals surface area contributed by atoms with Gasteiger partial charge in [-0.15, -0.1) is 5.92 Å². The molecular formula is C29H33N6O7+. The lowest BCUT2D eigenvalue weighted by atomic mass is 10.0. The highest BCUT2D eigenvalue weighted by Gasteiger charge is 2.30. The number of quaternary nitrogens is 1. The van der Waals surface area contributed by atoms with Crippen LogP contribution in [0.25, 0.3) is 10.9 Å². The summed E-state index contributed by atoms with van der Waals surface area (Å²) in [5, 5.41) is 16.7. The average Bonchev–Trinajstić information content (AvgIpc) is 3.51. The van der Waals surface area contributed by atoms with Crippen LogP contribution >= 0.6 is 0 Å². The van der Waals surface area contributed by atoms with Gasteiger partial charge in [0.25, 0.3) is 5.82 Å². The molecule has 2 aromatic carbocycles. The van der Waals surface area contributed by atoms with E-state index in [1.54, 1.807) is 50.0 Å². The SMILES string of the molecule is CC#Cc1c(OC)ccc2c(C(=O)c3cc(OC)c(OC)c(OC)c3)nn(C[N+](C)(C)Cc3ncc([N+](=O)[O-])n3C)c12. The molecule has 0 fully saturated rings. The first-order valence-electron chi connectivity index (χ1n) is 12.8. The number of aromatic nitrogens is 4. The fourth-order valence-corrected chi connectivity index (χ4v) is 4.84. The monoisotopic (exact) mass is 577 g/mol. The molecule has 0 aliphatic heterocycles. The highest BCUT2D eigenvalue weighted by molar-refractivity contribution is 6.16. The third-order valence-electron chi connectivity index (χ3n) is 6.82. The van der Waals surface area contributed by atoms with Crippen molar-refractivity contribution in [1.29, 1.82) is 0 Å². The van der Waals surface area contributed by atoms with Gasteiger partial charge in [0.15, 0.2) is 24.7 Å². The van der Waals surface area contributed by atoms with E-state index < -0.39 is 4.92 Å². The van der Waals surface area contributed by atoms with Gasteiger partial charge >= 0.3 is 5.82 Å². The number of carbonyl (C=O) groups is 1. The van der Waals surface area contributed by atoms with E-state index in [1.165, 1.54) is 32.1 Å². The third-order valence-corrected chi connectivity index (χ3v) is 6.82. The van der Waals surface area contributed by atoms with E-state index in [4.69, 9.17) is 24.0 Å². The van der Waals surface area contributed by atoms with Crippen LogP contribution in [0, 0.1) is 22.0 Å². The normalized spacial score (nSPS) is 11.1. The Kier molecular flexibility index (Phi) is 8.39. The second-order valence-electron chi connectivity index (χ2n) is 10.1. The third kappa shape index (κ3) is 5.44. The highest BCUT2D eigenvalue weighted by Crippen LogP contribution is 2.39. The second-order valence-corrected chi connectivity index (χ2v) is 10.1. The quantitative estimate of drug-likeness (QED) is 0.0863. The smallest absolute Gasteiger partial charge is 0.342 e. The summed E-state index contributed by atoms with van der Waals surface area (Å²) in [6, 6.07) is 6.70. The Morgan fingerprint density at radius 2 is 1.69 bits per heavy atom. The zero-order valence-corrected chi connectivity index (χ0v) is 24.8. The molecule has 4 rings (SSSR count). The minimum absolute atomic E-state index is 0.0991. The summed E-state index contributed by atoms with van der Waals surface area (Å²) in [4.78, 5) is 29.2. The van der Waals surface area contributed by atoms with Crippen LogP contribution in [0.5, 0.6) is 23.0 Å². The summed E-state index contributed by atoms with van der Waals surface area (Å²) in [5.74, 6) is 7.69. The number of imidazole rings is 1. The van der Waals surface area contributed by atoms with E-state index in [9.17, 15) is 14.9 Å². The summed E-state index contributed by atoms with van der Waals surface area (Å²) < 4.78 is 25.4. The van der Waals surface area contributed by atoms with Crippen LogP contribution in [0.1, 0.15) is 34.4 Å². The van der Waals surface area contributed by atoms with Crippen molar-refractivity contribution in [3.05, 3.63) is 63.2 Å². The number of hydrogen-bond acceptors (Lipinski definition) is 9. The van der Waals surface area contributed by atoms with Crippen LogP contribution in [-0.4, -0.2) is 77.1 Å². The number of fused-ring (bicyclic) bond motifs is 1. The second kappa shape index (κ2) is 11.8.